The molecule has 25 heavy (non-hydrogen) atoms. The third-order valence-electron chi connectivity index (χ3n) is 5.54. The summed E-state index contributed by atoms with van der Waals surface area (Å²) in [5, 5.41) is 0.129. The molecule has 134 valence electrons. The van der Waals surface area contributed by atoms with Crippen LogP contribution in [0.4, 0.5) is 10.6 Å². The zero-order chi connectivity index (χ0) is 17.4. The number of carbonyl (C=O) groups excluding carboxylic acids is 2. The van der Waals surface area contributed by atoms with E-state index < -0.39 is 0 Å². The quantitative estimate of drug-likeness (QED) is 0.770. The van der Waals surface area contributed by atoms with E-state index in [9.17, 15) is 9.59 Å². The SMILES string of the molecule is O=Cc1ncc(N2CCCC(N3CC4CCCCN4C3=O)C2)nc1Cl. The van der Waals surface area contributed by atoms with Gasteiger partial charge in [0.15, 0.2) is 11.4 Å². The number of urea groups is 1. The number of nitrogens with zero attached hydrogens (tertiary/aromatic N) is 5. The molecule has 3 aliphatic rings. The summed E-state index contributed by atoms with van der Waals surface area (Å²) in [7, 11) is 0. The number of aromatic nitrogens is 2. The molecular weight excluding hydrogens is 342 g/mol. The van der Waals surface area contributed by atoms with Crippen LogP contribution >= 0.6 is 11.6 Å². The molecule has 1 aromatic heterocycles. The van der Waals surface area contributed by atoms with Crippen LogP contribution in [0.1, 0.15) is 42.6 Å². The average Bonchev–Trinajstić information content (AvgIpc) is 2.99. The Morgan fingerprint density at radius 1 is 1.08 bits per heavy atom. The van der Waals surface area contributed by atoms with E-state index in [2.05, 4.69) is 24.7 Å². The van der Waals surface area contributed by atoms with Gasteiger partial charge in [0, 0.05) is 26.2 Å². The molecule has 7 nitrogen and oxygen atoms in total. The Bertz CT molecular complexity index is 685. The normalized spacial score (nSPS) is 26.8. The van der Waals surface area contributed by atoms with Crippen LogP contribution in [0.5, 0.6) is 0 Å². The lowest BCUT2D eigenvalue weighted by Gasteiger charge is -2.37. The summed E-state index contributed by atoms with van der Waals surface area (Å²) in [5.74, 6) is 0.671. The molecule has 2 atom stereocenters. The molecule has 4 rings (SSSR count). The van der Waals surface area contributed by atoms with Gasteiger partial charge in [0.2, 0.25) is 0 Å². The fourth-order valence-corrected chi connectivity index (χ4v) is 4.41. The molecule has 4 heterocycles. The van der Waals surface area contributed by atoms with Crippen molar-refractivity contribution in [3.63, 3.8) is 0 Å². The fourth-order valence-electron chi connectivity index (χ4n) is 4.23. The maximum absolute atomic E-state index is 12.8. The van der Waals surface area contributed by atoms with Crippen molar-refractivity contribution in [2.24, 2.45) is 0 Å². The monoisotopic (exact) mass is 363 g/mol. The molecule has 0 spiro atoms. The van der Waals surface area contributed by atoms with E-state index in [4.69, 9.17) is 11.6 Å². The summed E-state index contributed by atoms with van der Waals surface area (Å²) >= 11 is 6.02. The standard InChI is InChI=1S/C17H22ClN5O2/c18-16-14(11-24)19-8-15(20-16)21-6-3-5-12(9-21)23-10-13-4-1-2-7-22(13)17(23)25/h8,11-13H,1-7,9-10H2. The van der Waals surface area contributed by atoms with Crippen molar-refractivity contribution in [2.45, 2.75) is 44.2 Å². The smallest absolute Gasteiger partial charge is 0.320 e. The Labute approximate surface area is 152 Å². The maximum Gasteiger partial charge on any atom is 0.320 e. The molecule has 3 fully saturated rings. The lowest BCUT2D eigenvalue weighted by Crippen LogP contribution is -2.49. The van der Waals surface area contributed by atoms with Gasteiger partial charge in [-0.05, 0) is 32.1 Å². The summed E-state index contributed by atoms with van der Waals surface area (Å²) in [6, 6.07) is 0.771. The van der Waals surface area contributed by atoms with Crippen molar-refractivity contribution in [3.8, 4) is 0 Å². The van der Waals surface area contributed by atoms with Crippen LogP contribution < -0.4 is 4.90 Å². The highest BCUT2D eigenvalue weighted by Crippen LogP contribution is 2.30. The molecule has 0 bridgehead atoms. The number of amides is 2. The highest BCUT2D eigenvalue weighted by atomic mass is 35.5. The van der Waals surface area contributed by atoms with Crippen LogP contribution in [-0.4, -0.2) is 70.3 Å². The first-order valence-corrected chi connectivity index (χ1v) is 9.35. The number of rotatable bonds is 3. The highest BCUT2D eigenvalue weighted by Gasteiger charge is 2.42. The van der Waals surface area contributed by atoms with Crippen LogP contribution in [0.15, 0.2) is 6.20 Å². The van der Waals surface area contributed by atoms with Crippen molar-refractivity contribution in [1.82, 2.24) is 19.8 Å². The number of anilines is 1. The summed E-state index contributed by atoms with van der Waals surface area (Å²) in [6.45, 7) is 3.33. The van der Waals surface area contributed by atoms with Gasteiger partial charge in [0.1, 0.15) is 11.5 Å². The van der Waals surface area contributed by atoms with Crippen LogP contribution in [0.3, 0.4) is 0 Å². The number of hydrogen-bond donors (Lipinski definition) is 0. The van der Waals surface area contributed by atoms with Crippen molar-refractivity contribution in [2.75, 3.05) is 31.1 Å². The van der Waals surface area contributed by atoms with Gasteiger partial charge < -0.3 is 14.7 Å². The average molecular weight is 364 g/mol. The fraction of sp³-hybridized carbons (Fsp3) is 0.647. The van der Waals surface area contributed by atoms with Crippen LogP contribution in [-0.2, 0) is 0 Å². The van der Waals surface area contributed by atoms with Gasteiger partial charge in [-0.2, -0.15) is 0 Å². The zero-order valence-electron chi connectivity index (χ0n) is 14.1. The van der Waals surface area contributed by atoms with Crippen molar-refractivity contribution in [3.05, 3.63) is 17.0 Å². The molecule has 3 saturated heterocycles. The maximum atomic E-state index is 12.8. The largest absolute Gasteiger partial charge is 0.353 e. The molecule has 0 aliphatic carbocycles. The van der Waals surface area contributed by atoms with E-state index >= 15 is 0 Å². The number of fused-ring (bicyclic) bond motifs is 1. The van der Waals surface area contributed by atoms with Crippen molar-refractivity contribution in [1.29, 1.82) is 0 Å². The first-order chi connectivity index (χ1) is 12.2. The topological polar surface area (TPSA) is 69.6 Å². The number of halogens is 1. The molecular formula is C17H22ClN5O2. The van der Waals surface area contributed by atoms with Crippen LogP contribution in [0.25, 0.3) is 0 Å². The van der Waals surface area contributed by atoms with Gasteiger partial charge in [-0.3, -0.25) is 4.79 Å². The van der Waals surface area contributed by atoms with E-state index in [1.165, 1.54) is 6.42 Å². The first-order valence-electron chi connectivity index (χ1n) is 8.97. The van der Waals surface area contributed by atoms with Gasteiger partial charge >= 0.3 is 6.03 Å². The molecule has 8 heteroatoms. The first kappa shape index (κ1) is 16.6. The lowest BCUT2D eigenvalue weighted by molar-refractivity contribution is 0.111. The van der Waals surface area contributed by atoms with E-state index in [0.717, 1.165) is 51.9 Å². The minimum atomic E-state index is 0.129. The van der Waals surface area contributed by atoms with Gasteiger partial charge in [-0.1, -0.05) is 11.6 Å². The van der Waals surface area contributed by atoms with E-state index in [1.807, 2.05) is 0 Å². The molecule has 2 unspecified atom stereocenters. The molecule has 0 N–H and O–H groups in total. The third-order valence-corrected chi connectivity index (χ3v) is 5.82. The Hall–Kier alpha value is -1.89. The molecule has 2 amide bonds. The van der Waals surface area contributed by atoms with Gasteiger partial charge in [0.25, 0.3) is 0 Å². The Morgan fingerprint density at radius 3 is 2.64 bits per heavy atom. The number of piperidine rings is 2. The highest BCUT2D eigenvalue weighted by molar-refractivity contribution is 6.31. The summed E-state index contributed by atoms with van der Waals surface area (Å²) in [5.41, 5.74) is 0.158. The number of carbonyl (C=O) groups is 2. The van der Waals surface area contributed by atoms with Crippen molar-refractivity contribution < 1.29 is 9.59 Å². The predicted molar refractivity (Wildman–Crippen MR) is 94.1 cm³/mol. The van der Waals surface area contributed by atoms with Gasteiger partial charge in [-0.15, -0.1) is 0 Å². The van der Waals surface area contributed by atoms with Crippen LogP contribution in [0, 0.1) is 0 Å². The minimum Gasteiger partial charge on any atom is -0.353 e. The number of hydrogen-bond acceptors (Lipinski definition) is 5. The van der Waals surface area contributed by atoms with E-state index in [-0.39, 0.29) is 22.9 Å². The Kier molecular flexibility index (Phi) is 4.50. The van der Waals surface area contributed by atoms with E-state index in [1.54, 1.807) is 6.20 Å². The minimum absolute atomic E-state index is 0.129. The third kappa shape index (κ3) is 3.05. The molecule has 0 saturated carbocycles. The van der Waals surface area contributed by atoms with E-state index in [0.29, 0.717) is 18.1 Å². The second-order valence-electron chi connectivity index (χ2n) is 7.04. The molecule has 0 aromatic carbocycles. The Morgan fingerprint density at radius 2 is 1.88 bits per heavy atom. The summed E-state index contributed by atoms with van der Waals surface area (Å²) in [6.07, 6.45) is 7.65. The predicted octanol–water partition coefficient (Wildman–Crippen LogP) is 2.20. The van der Waals surface area contributed by atoms with Crippen LogP contribution in [0.2, 0.25) is 5.15 Å². The Balaban J connectivity index is 1.48. The van der Waals surface area contributed by atoms with Gasteiger partial charge in [0.05, 0.1) is 18.3 Å². The lowest BCUT2D eigenvalue weighted by atomic mass is 10.0. The van der Waals surface area contributed by atoms with Crippen molar-refractivity contribution >= 4 is 29.7 Å². The summed E-state index contributed by atoms with van der Waals surface area (Å²) in [4.78, 5) is 38.2. The second-order valence-corrected chi connectivity index (χ2v) is 7.40. The zero-order valence-corrected chi connectivity index (χ0v) is 14.9. The molecule has 3 aliphatic heterocycles. The second kappa shape index (κ2) is 6.78. The summed E-state index contributed by atoms with van der Waals surface area (Å²) < 4.78 is 0. The number of aldehydes is 1. The molecule has 1 aromatic rings. The van der Waals surface area contributed by atoms with Gasteiger partial charge in [-0.25, -0.2) is 14.8 Å². The molecule has 0 radical (unpaired) electrons.